The van der Waals surface area contributed by atoms with Crippen molar-refractivity contribution in [3.05, 3.63) is 29.8 Å². The first-order valence-electron chi connectivity index (χ1n) is 4.04. The fourth-order valence-electron chi connectivity index (χ4n) is 1.22. The number of fused-ring (bicyclic) bond motifs is 1. The van der Waals surface area contributed by atoms with Crippen molar-refractivity contribution in [2.24, 2.45) is 4.99 Å². The minimum Gasteiger partial charge on any atom is -0.315 e. The Balaban J connectivity index is 2.30. The highest BCUT2D eigenvalue weighted by molar-refractivity contribution is 8.00. The van der Waals surface area contributed by atoms with Crippen LogP contribution >= 0.6 is 11.8 Å². The molecule has 1 unspecified atom stereocenters. The molecule has 3 nitrogen and oxygen atoms in total. The zero-order valence-electron chi connectivity index (χ0n) is 6.97. The van der Waals surface area contributed by atoms with E-state index in [9.17, 15) is 0 Å². The third-order valence-corrected chi connectivity index (χ3v) is 2.99. The van der Waals surface area contributed by atoms with Crippen molar-refractivity contribution in [2.45, 2.75) is 16.8 Å². The van der Waals surface area contributed by atoms with Gasteiger partial charge in [0.25, 0.3) is 0 Å². The van der Waals surface area contributed by atoms with Gasteiger partial charge in [0, 0.05) is 11.1 Å². The number of hydroxylamine groups is 1. The Hall–Kier alpha value is -0.840. The first-order valence-corrected chi connectivity index (χ1v) is 4.92. The Morgan fingerprint density at radius 2 is 2.31 bits per heavy atom. The van der Waals surface area contributed by atoms with E-state index >= 15 is 0 Å². The fraction of sp³-hybridized carbons (Fsp3) is 0.222. The van der Waals surface area contributed by atoms with Gasteiger partial charge < -0.3 is 5.21 Å². The molecule has 0 amide bonds. The SMILES string of the molecule is ONC1C=NCc2ccccc2S1. The van der Waals surface area contributed by atoms with E-state index < -0.39 is 0 Å². The van der Waals surface area contributed by atoms with Crippen LogP contribution in [0, 0.1) is 0 Å². The van der Waals surface area contributed by atoms with E-state index in [4.69, 9.17) is 5.21 Å². The summed E-state index contributed by atoms with van der Waals surface area (Å²) in [5.74, 6) is 0. The maximum Gasteiger partial charge on any atom is 0.116 e. The van der Waals surface area contributed by atoms with E-state index in [0.29, 0.717) is 6.54 Å². The molecule has 0 aromatic heterocycles. The van der Waals surface area contributed by atoms with Crippen molar-refractivity contribution >= 4 is 18.0 Å². The van der Waals surface area contributed by atoms with E-state index in [2.05, 4.69) is 16.5 Å². The third-order valence-electron chi connectivity index (χ3n) is 1.86. The average Bonchev–Trinajstić information content (AvgIpc) is 2.38. The molecule has 1 aromatic rings. The van der Waals surface area contributed by atoms with Crippen molar-refractivity contribution in [1.82, 2.24) is 5.48 Å². The lowest BCUT2D eigenvalue weighted by molar-refractivity contribution is 0.176. The molecule has 2 N–H and O–H groups in total. The van der Waals surface area contributed by atoms with Crippen LogP contribution in [0.5, 0.6) is 0 Å². The Morgan fingerprint density at radius 3 is 3.15 bits per heavy atom. The highest BCUT2D eigenvalue weighted by Crippen LogP contribution is 2.27. The molecule has 4 heteroatoms. The molecule has 0 bridgehead atoms. The molecule has 0 saturated carbocycles. The monoisotopic (exact) mass is 194 g/mol. The van der Waals surface area contributed by atoms with Gasteiger partial charge in [-0.05, 0) is 11.6 Å². The topological polar surface area (TPSA) is 44.6 Å². The molecule has 1 atom stereocenters. The van der Waals surface area contributed by atoms with Gasteiger partial charge >= 0.3 is 0 Å². The summed E-state index contributed by atoms with van der Waals surface area (Å²) in [6, 6.07) is 8.09. The summed E-state index contributed by atoms with van der Waals surface area (Å²) in [6.07, 6.45) is 1.73. The molecule has 0 fully saturated rings. The molecule has 1 aliphatic heterocycles. The lowest BCUT2D eigenvalue weighted by Gasteiger charge is -2.08. The van der Waals surface area contributed by atoms with Gasteiger partial charge in [-0.1, -0.05) is 30.0 Å². The number of hydrogen-bond donors (Lipinski definition) is 2. The minimum atomic E-state index is -0.136. The quantitative estimate of drug-likeness (QED) is 0.668. The number of benzene rings is 1. The van der Waals surface area contributed by atoms with Crippen molar-refractivity contribution in [2.75, 3.05) is 0 Å². The highest BCUT2D eigenvalue weighted by Gasteiger charge is 2.11. The summed E-state index contributed by atoms with van der Waals surface area (Å²) in [4.78, 5) is 5.37. The minimum absolute atomic E-state index is 0.136. The second-order valence-corrected chi connectivity index (χ2v) is 3.95. The number of nitrogens with one attached hydrogen (secondary N) is 1. The van der Waals surface area contributed by atoms with Gasteiger partial charge in [0.15, 0.2) is 0 Å². The predicted octanol–water partition coefficient (Wildman–Crippen LogP) is 1.67. The zero-order valence-corrected chi connectivity index (χ0v) is 7.79. The Morgan fingerprint density at radius 1 is 1.46 bits per heavy atom. The van der Waals surface area contributed by atoms with Crippen LogP contribution in [0.1, 0.15) is 5.56 Å². The standard InChI is InChI=1S/C9H10N2OS/c12-11-9-6-10-5-7-3-1-2-4-8(7)13-9/h1-4,6,9,11-12H,5H2. The maximum atomic E-state index is 8.78. The number of aliphatic imine (C=N–C) groups is 1. The molecule has 0 saturated heterocycles. The van der Waals surface area contributed by atoms with Gasteiger partial charge in [-0.2, -0.15) is 5.48 Å². The lowest BCUT2D eigenvalue weighted by Crippen LogP contribution is -2.22. The van der Waals surface area contributed by atoms with Gasteiger partial charge in [0.2, 0.25) is 0 Å². The van der Waals surface area contributed by atoms with E-state index in [1.807, 2.05) is 18.2 Å². The zero-order chi connectivity index (χ0) is 9.10. The molecular weight excluding hydrogens is 184 g/mol. The second-order valence-electron chi connectivity index (χ2n) is 2.77. The first kappa shape index (κ1) is 8.74. The highest BCUT2D eigenvalue weighted by atomic mass is 32.2. The van der Waals surface area contributed by atoms with Crippen molar-refractivity contribution < 1.29 is 5.21 Å². The normalized spacial score (nSPS) is 20.8. The van der Waals surface area contributed by atoms with Gasteiger partial charge in [-0.25, -0.2) is 0 Å². The van der Waals surface area contributed by atoms with Crippen LogP contribution in [0.4, 0.5) is 0 Å². The first-order chi connectivity index (χ1) is 6.40. The van der Waals surface area contributed by atoms with Crippen LogP contribution in [-0.4, -0.2) is 16.8 Å². The van der Waals surface area contributed by atoms with Crippen LogP contribution in [0.3, 0.4) is 0 Å². The molecular formula is C9H10N2OS. The summed E-state index contributed by atoms with van der Waals surface area (Å²) in [6.45, 7) is 0.696. The number of thioether (sulfide) groups is 1. The van der Waals surface area contributed by atoms with Gasteiger partial charge in [-0.15, -0.1) is 0 Å². The van der Waals surface area contributed by atoms with Crippen molar-refractivity contribution in [3.63, 3.8) is 0 Å². The molecule has 68 valence electrons. The Kier molecular flexibility index (Phi) is 2.63. The summed E-state index contributed by atoms with van der Waals surface area (Å²) < 4.78 is 0. The van der Waals surface area contributed by atoms with Crippen LogP contribution in [0.25, 0.3) is 0 Å². The molecule has 1 aromatic carbocycles. The van der Waals surface area contributed by atoms with E-state index in [-0.39, 0.29) is 5.37 Å². The van der Waals surface area contributed by atoms with Gasteiger partial charge in [0.05, 0.1) is 6.54 Å². The smallest absolute Gasteiger partial charge is 0.116 e. The second kappa shape index (κ2) is 3.91. The number of nitrogens with zero attached hydrogens (tertiary/aromatic N) is 1. The molecule has 2 rings (SSSR count). The van der Waals surface area contributed by atoms with E-state index in [0.717, 1.165) is 0 Å². The van der Waals surface area contributed by atoms with Crippen LogP contribution in [-0.2, 0) is 6.54 Å². The summed E-state index contributed by atoms with van der Waals surface area (Å²) >= 11 is 1.57. The number of rotatable bonds is 1. The Labute approximate surface area is 80.8 Å². The van der Waals surface area contributed by atoms with Gasteiger partial charge in [0.1, 0.15) is 5.37 Å². The maximum absolute atomic E-state index is 8.78. The van der Waals surface area contributed by atoms with E-state index in [1.54, 1.807) is 18.0 Å². The van der Waals surface area contributed by atoms with Crippen molar-refractivity contribution in [1.29, 1.82) is 0 Å². The average molecular weight is 194 g/mol. The molecule has 0 spiro atoms. The molecule has 0 radical (unpaired) electrons. The fourth-order valence-corrected chi connectivity index (χ4v) is 2.14. The summed E-state index contributed by atoms with van der Waals surface area (Å²) in [5.41, 5.74) is 3.41. The molecule has 0 aliphatic carbocycles. The largest absolute Gasteiger partial charge is 0.315 e. The molecule has 1 aliphatic rings. The third kappa shape index (κ3) is 1.91. The van der Waals surface area contributed by atoms with Crippen molar-refractivity contribution in [3.8, 4) is 0 Å². The lowest BCUT2D eigenvalue weighted by atomic mass is 10.2. The van der Waals surface area contributed by atoms with Crippen LogP contribution in [0.2, 0.25) is 0 Å². The van der Waals surface area contributed by atoms with E-state index in [1.165, 1.54) is 10.5 Å². The van der Waals surface area contributed by atoms with Gasteiger partial charge in [-0.3, -0.25) is 4.99 Å². The van der Waals surface area contributed by atoms with Crippen LogP contribution in [0.15, 0.2) is 34.2 Å². The molecule has 13 heavy (non-hydrogen) atoms. The van der Waals surface area contributed by atoms with Crippen LogP contribution < -0.4 is 5.48 Å². The molecule has 1 heterocycles. The summed E-state index contributed by atoms with van der Waals surface area (Å²) in [7, 11) is 0. The predicted molar refractivity (Wildman–Crippen MR) is 53.2 cm³/mol. The number of hydrogen-bond acceptors (Lipinski definition) is 4. The Bertz CT molecular complexity index is 327. The summed E-state index contributed by atoms with van der Waals surface area (Å²) in [5, 5.41) is 8.64.